The zero-order chi connectivity index (χ0) is 13.9. The predicted octanol–water partition coefficient (Wildman–Crippen LogP) is 3.31. The Kier molecular flexibility index (Phi) is 4.32. The molecule has 1 atom stereocenters. The first-order chi connectivity index (χ1) is 9.18. The predicted molar refractivity (Wildman–Crippen MR) is 72.6 cm³/mol. The lowest BCUT2D eigenvalue weighted by molar-refractivity contribution is -0.172. The summed E-state index contributed by atoms with van der Waals surface area (Å²) in [5.41, 5.74) is 0.977. The van der Waals surface area contributed by atoms with Crippen molar-refractivity contribution in [2.75, 3.05) is 20.8 Å². The fraction of sp³-hybridized carbons (Fsp3) is 0.600. The highest BCUT2D eigenvalue weighted by atomic mass is 16.7. The maximum Gasteiger partial charge on any atom is 0.168 e. The summed E-state index contributed by atoms with van der Waals surface area (Å²) in [6, 6.07) is 5.73. The van der Waals surface area contributed by atoms with Crippen LogP contribution in [0.25, 0.3) is 0 Å². The first-order valence-electron chi connectivity index (χ1n) is 6.71. The summed E-state index contributed by atoms with van der Waals surface area (Å²) in [4.78, 5) is 0. The van der Waals surface area contributed by atoms with E-state index in [1.54, 1.807) is 14.2 Å². The Morgan fingerprint density at radius 1 is 1.21 bits per heavy atom. The number of methoxy groups -OCH3 is 2. The van der Waals surface area contributed by atoms with Crippen molar-refractivity contribution in [1.29, 1.82) is 0 Å². The number of hydrogen-bond acceptors (Lipinski definition) is 4. The quantitative estimate of drug-likeness (QED) is 0.819. The molecule has 4 heteroatoms. The van der Waals surface area contributed by atoms with Gasteiger partial charge < -0.3 is 18.9 Å². The average molecular weight is 266 g/mol. The van der Waals surface area contributed by atoms with Gasteiger partial charge in [-0.3, -0.25) is 0 Å². The van der Waals surface area contributed by atoms with E-state index < -0.39 is 5.79 Å². The number of rotatable bonds is 5. The van der Waals surface area contributed by atoms with Crippen molar-refractivity contribution < 1.29 is 18.9 Å². The lowest BCUT2D eigenvalue weighted by Gasteiger charge is -2.25. The molecule has 0 radical (unpaired) electrons. The van der Waals surface area contributed by atoms with E-state index in [2.05, 4.69) is 13.8 Å². The first-order valence-corrected chi connectivity index (χ1v) is 6.71. The van der Waals surface area contributed by atoms with Gasteiger partial charge in [0.2, 0.25) is 0 Å². The van der Waals surface area contributed by atoms with E-state index in [1.165, 1.54) is 0 Å². The second kappa shape index (κ2) is 5.80. The zero-order valence-electron chi connectivity index (χ0n) is 12.1. The van der Waals surface area contributed by atoms with Gasteiger partial charge in [0.05, 0.1) is 20.8 Å². The second-order valence-corrected chi connectivity index (χ2v) is 4.64. The second-order valence-electron chi connectivity index (χ2n) is 4.64. The van der Waals surface area contributed by atoms with Crippen molar-refractivity contribution in [2.24, 2.45) is 0 Å². The molecule has 1 saturated heterocycles. The van der Waals surface area contributed by atoms with Crippen molar-refractivity contribution in [3.8, 4) is 11.5 Å². The summed E-state index contributed by atoms with van der Waals surface area (Å²) < 4.78 is 22.6. The summed E-state index contributed by atoms with van der Waals surface area (Å²) in [5, 5.41) is 0. The SMILES string of the molecule is CCC1(CC)OCC(c2cc(OC)ccc2OC)O1. The minimum absolute atomic E-state index is 0.107. The summed E-state index contributed by atoms with van der Waals surface area (Å²) in [5.74, 6) is 1.14. The summed E-state index contributed by atoms with van der Waals surface area (Å²) in [7, 11) is 3.31. The molecule has 1 aromatic rings. The van der Waals surface area contributed by atoms with Crippen molar-refractivity contribution in [1.82, 2.24) is 0 Å². The maximum atomic E-state index is 6.12. The molecular formula is C15H22O4. The minimum atomic E-state index is -0.460. The van der Waals surface area contributed by atoms with Gasteiger partial charge in [0.1, 0.15) is 17.6 Å². The van der Waals surface area contributed by atoms with Crippen LogP contribution in [0.5, 0.6) is 11.5 Å². The van der Waals surface area contributed by atoms with E-state index in [4.69, 9.17) is 18.9 Å². The van der Waals surface area contributed by atoms with Gasteiger partial charge >= 0.3 is 0 Å². The molecule has 0 bridgehead atoms. The zero-order valence-corrected chi connectivity index (χ0v) is 12.1. The summed E-state index contributed by atoms with van der Waals surface area (Å²) >= 11 is 0. The highest BCUT2D eigenvalue weighted by Gasteiger charge is 2.40. The van der Waals surface area contributed by atoms with Crippen LogP contribution in [0.1, 0.15) is 38.4 Å². The third kappa shape index (κ3) is 2.69. The summed E-state index contributed by atoms with van der Waals surface area (Å²) in [6.07, 6.45) is 1.57. The standard InChI is InChI=1S/C15H22O4/c1-5-15(6-2)18-10-14(19-15)12-9-11(16-3)7-8-13(12)17-4/h7-9,14H,5-6,10H2,1-4H3. The van der Waals surface area contributed by atoms with Gasteiger partial charge in [-0.25, -0.2) is 0 Å². The van der Waals surface area contributed by atoms with Crippen molar-refractivity contribution in [3.63, 3.8) is 0 Å². The molecule has 0 aromatic heterocycles. The molecule has 106 valence electrons. The van der Waals surface area contributed by atoms with Gasteiger partial charge in [0.25, 0.3) is 0 Å². The van der Waals surface area contributed by atoms with Crippen LogP contribution in [0, 0.1) is 0 Å². The third-order valence-corrected chi connectivity index (χ3v) is 3.72. The topological polar surface area (TPSA) is 36.9 Å². The maximum absolute atomic E-state index is 6.12. The monoisotopic (exact) mass is 266 g/mol. The lowest BCUT2D eigenvalue weighted by Crippen LogP contribution is -2.27. The van der Waals surface area contributed by atoms with Gasteiger partial charge in [-0.2, -0.15) is 0 Å². The Bertz CT molecular complexity index is 426. The third-order valence-electron chi connectivity index (χ3n) is 3.72. The van der Waals surface area contributed by atoms with E-state index in [-0.39, 0.29) is 6.10 Å². The smallest absolute Gasteiger partial charge is 0.168 e. The molecule has 0 spiro atoms. The van der Waals surface area contributed by atoms with Crippen LogP contribution in [0.2, 0.25) is 0 Å². The normalized spacial score (nSPS) is 21.4. The Morgan fingerprint density at radius 3 is 2.47 bits per heavy atom. The van der Waals surface area contributed by atoms with Gasteiger partial charge in [-0.15, -0.1) is 0 Å². The summed E-state index contributed by atoms with van der Waals surface area (Å²) in [6.45, 7) is 4.70. The van der Waals surface area contributed by atoms with Crippen molar-refractivity contribution >= 4 is 0 Å². The minimum Gasteiger partial charge on any atom is -0.497 e. The number of benzene rings is 1. The number of ether oxygens (including phenoxy) is 4. The fourth-order valence-electron chi connectivity index (χ4n) is 2.42. The van der Waals surface area contributed by atoms with Crippen LogP contribution in [-0.2, 0) is 9.47 Å². The molecule has 1 unspecified atom stereocenters. The van der Waals surface area contributed by atoms with E-state index in [0.717, 1.165) is 29.9 Å². The molecule has 1 aliphatic rings. The van der Waals surface area contributed by atoms with Crippen LogP contribution >= 0.6 is 0 Å². The first kappa shape index (κ1) is 14.2. The Hall–Kier alpha value is -1.26. The number of hydrogen-bond donors (Lipinski definition) is 0. The lowest BCUT2D eigenvalue weighted by atomic mass is 10.1. The van der Waals surface area contributed by atoms with Crippen LogP contribution in [0.15, 0.2) is 18.2 Å². The van der Waals surface area contributed by atoms with Crippen LogP contribution in [0.4, 0.5) is 0 Å². The van der Waals surface area contributed by atoms with Crippen molar-refractivity contribution in [3.05, 3.63) is 23.8 Å². The molecule has 2 rings (SSSR count). The molecule has 0 saturated carbocycles. The van der Waals surface area contributed by atoms with E-state index in [0.29, 0.717) is 6.61 Å². The molecule has 4 nitrogen and oxygen atoms in total. The molecule has 0 aliphatic carbocycles. The van der Waals surface area contributed by atoms with Gasteiger partial charge in [-0.1, -0.05) is 13.8 Å². The Balaban J connectivity index is 2.27. The van der Waals surface area contributed by atoms with Gasteiger partial charge in [0, 0.05) is 5.56 Å². The highest BCUT2D eigenvalue weighted by Crippen LogP contribution is 2.41. The highest BCUT2D eigenvalue weighted by molar-refractivity contribution is 5.42. The Morgan fingerprint density at radius 2 is 1.95 bits per heavy atom. The van der Waals surface area contributed by atoms with Crippen molar-refractivity contribution in [2.45, 2.75) is 38.6 Å². The molecule has 19 heavy (non-hydrogen) atoms. The van der Waals surface area contributed by atoms with E-state index in [1.807, 2.05) is 18.2 Å². The molecule has 1 aliphatic heterocycles. The molecule has 1 heterocycles. The van der Waals surface area contributed by atoms with E-state index in [9.17, 15) is 0 Å². The van der Waals surface area contributed by atoms with Crippen LogP contribution in [-0.4, -0.2) is 26.6 Å². The van der Waals surface area contributed by atoms with Crippen LogP contribution in [0.3, 0.4) is 0 Å². The largest absolute Gasteiger partial charge is 0.497 e. The molecule has 0 amide bonds. The molecule has 0 N–H and O–H groups in total. The Labute approximate surface area is 114 Å². The molecular weight excluding hydrogens is 244 g/mol. The van der Waals surface area contributed by atoms with Gasteiger partial charge in [-0.05, 0) is 31.0 Å². The molecule has 1 fully saturated rings. The van der Waals surface area contributed by atoms with Crippen LogP contribution < -0.4 is 9.47 Å². The van der Waals surface area contributed by atoms with E-state index >= 15 is 0 Å². The average Bonchev–Trinajstić information content (AvgIpc) is 2.91. The fourth-order valence-corrected chi connectivity index (χ4v) is 2.42. The van der Waals surface area contributed by atoms with Gasteiger partial charge in [0.15, 0.2) is 5.79 Å². The molecule has 1 aromatic carbocycles.